The van der Waals surface area contributed by atoms with Gasteiger partial charge in [-0.2, -0.15) is 0 Å². The number of anilines is 2. The van der Waals surface area contributed by atoms with Crippen LogP contribution in [0.4, 0.5) is 11.4 Å². The summed E-state index contributed by atoms with van der Waals surface area (Å²) in [4.78, 5) is 24.6. The van der Waals surface area contributed by atoms with E-state index in [1.807, 2.05) is 54.6 Å². The summed E-state index contributed by atoms with van der Waals surface area (Å²) < 4.78 is 5.74. The molecule has 33 heavy (non-hydrogen) atoms. The summed E-state index contributed by atoms with van der Waals surface area (Å²) in [6.45, 7) is 5.54. The number of hydrogen-bond acceptors (Lipinski definition) is 4. The number of rotatable bonds is 11. The van der Waals surface area contributed by atoms with Gasteiger partial charge in [0.15, 0.2) is 0 Å². The smallest absolute Gasteiger partial charge is 0.251 e. The first kappa shape index (κ1) is 23.9. The summed E-state index contributed by atoms with van der Waals surface area (Å²) in [7, 11) is 0. The number of carbonyl (C=O) groups excluding carboxylic acids is 2. The van der Waals surface area contributed by atoms with Crippen LogP contribution in [-0.2, 0) is 11.3 Å². The number of nitrogens with one attached hydrogen (secondary N) is 3. The average Bonchev–Trinajstić information content (AvgIpc) is 2.82. The zero-order valence-corrected chi connectivity index (χ0v) is 19.1. The minimum Gasteiger partial charge on any atom is -0.494 e. The molecule has 0 saturated heterocycles. The Hall–Kier alpha value is -3.80. The number of ether oxygens (including phenoxy) is 1. The molecule has 0 heterocycles. The third-order valence-corrected chi connectivity index (χ3v) is 4.98. The second-order valence-electron chi connectivity index (χ2n) is 8.21. The largest absolute Gasteiger partial charge is 0.494 e. The molecule has 2 amide bonds. The molecule has 0 aromatic heterocycles. The molecular weight excluding hydrogens is 414 g/mol. The van der Waals surface area contributed by atoms with Gasteiger partial charge in [0.05, 0.1) is 13.2 Å². The maximum absolute atomic E-state index is 12.3. The van der Waals surface area contributed by atoms with E-state index in [9.17, 15) is 9.59 Å². The maximum Gasteiger partial charge on any atom is 0.251 e. The highest BCUT2D eigenvalue weighted by Gasteiger charge is 2.07. The molecule has 6 heteroatoms. The molecular formula is C27H31N3O3. The van der Waals surface area contributed by atoms with Crippen molar-refractivity contribution in [3.05, 3.63) is 90.0 Å². The molecule has 0 saturated carbocycles. The van der Waals surface area contributed by atoms with Crippen LogP contribution in [0.3, 0.4) is 0 Å². The number of amides is 2. The summed E-state index contributed by atoms with van der Waals surface area (Å²) in [5.74, 6) is 1.01. The number of hydrogen-bond donors (Lipinski definition) is 3. The molecule has 3 rings (SSSR count). The van der Waals surface area contributed by atoms with Gasteiger partial charge in [0.2, 0.25) is 5.91 Å². The molecule has 0 fully saturated rings. The van der Waals surface area contributed by atoms with Crippen molar-refractivity contribution >= 4 is 23.2 Å². The summed E-state index contributed by atoms with van der Waals surface area (Å²) in [5.41, 5.74) is 3.06. The Morgan fingerprint density at radius 1 is 0.879 bits per heavy atom. The van der Waals surface area contributed by atoms with Crippen LogP contribution in [0.5, 0.6) is 5.75 Å². The highest BCUT2D eigenvalue weighted by atomic mass is 16.5. The first-order valence-corrected chi connectivity index (χ1v) is 11.2. The molecule has 0 unspecified atom stereocenters. The van der Waals surface area contributed by atoms with Gasteiger partial charge in [-0.05, 0) is 54.3 Å². The van der Waals surface area contributed by atoms with Gasteiger partial charge in [-0.1, -0.05) is 50.2 Å². The Morgan fingerprint density at radius 3 is 2.36 bits per heavy atom. The molecule has 0 radical (unpaired) electrons. The summed E-state index contributed by atoms with van der Waals surface area (Å²) >= 11 is 0. The van der Waals surface area contributed by atoms with Crippen molar-refractivity contribution < 1.29 is 14.3 Å². The lowest BCUT2D eigenvalue weighted by Crippen LogP contribution is -2.23. The summed E-state index contributed by atoms with van der Waals surface area (Å²) in [5, 5.41) is 8.84. The zero-order chi connectivity index (χ0) is 23.5. The van der Waals surface area contributed by atoms with E-state index < -0.39 is 0 Å². The first-order chi connectivity index (χ1) is 16.0. The van der Waals surface area contributed by atoms with Crippen molar-refractivity contribution in [1.29, 1.82) is 0 Å². The predicted molar refractivity (Wildman–Crippen MR) is 133 cm³/mol. The highest BCUT2D eigenvalue weighted by molar-refractivity contribution is 5.95. The second-order valence-corrected chi connectivity index (χ2v) is 8.21. The van der Waals surface area contributed by atoms with E-state index in [2.05, 4.69) is 29.8 Å². The Labute approximate surface area is 195 Å². The molecule has 0 aliphatic rings. The van der Waals surface area contributed by atoms with Gasteiger partial charge in [-0.25, -0.2) is 0 Å². The topological polar surface area (TPSA) is 79.5 Å². The van der Waals surface area contributed by atoms with Crippen molar-refractivity contribution in [3.8, 4) is 5.75 Å². The van der Waals surface area contributed by atoms with Crippen LogP contribution in [0.2, 0.25) is 0 Å². The fourth-order valence-electron chi connectivity index (χ4n) is 3.08. The summed E-state index contributed by atoms with van der Waals surface area (Å²) in [6.07, 6.45) is 0.980. The molecule has 3 aromatic rings. The van der Waals surface area contributed by atoms with Gasteiger partial charge in [0.25, 0.3) is 5.91 Å². The molecule has 0 aliphatic heterocycles. The van der Waals surface area contributed by atoms with Crippen LogP contribution in [-0.4, -0.2) is 25.0 Å². The van der Waals surface area contributed by atoms with Gasteiger partial charge in [0, 0.05) is 29.5 Å². The maximum atomic E-state index is 12.3. The Balaban J connectivity index is 1.43. The lowest BCUT2D eigenvalue weighted by atomic mass is 10.1. The van der Waals surface area contributed by atoms with E-state index in [1.54, 1.807) is 24.3 Å². The van der Waals surface area contributed by atoms with E-state index in [0.29, 0.717) is 30.3 Å². The lowest BCUT2D eigenvalue weighted by Gasteiger charge is -2.11. The van der Waals surface area contributed by atoms with E-state index >= 15 is 0 Å². The van der Waals surface area contributed by atoms with Crippen LogP contribution in [0, 0.1) is 5.92 Å². The van der Waals surface area contributed by atoms with E-state index in [-0.39, 0.29) is 18.4 Å². The SMILES string of the molecule is CC(C)CCOc1cccc(NC(=O)CNc2ccc(C(=O)NCc3ccccc3)cc2)c1. The van der Waals surface area contributed by atoms with Gasteiger partial charge < -0.3 is 20.7 Å². The van der Waals surface area contributed by atoms with Crippen LogP contribution < -0.4 is 20.7 Å². The van der Waals surface area contributed by atoms with Crippen LogP contribution >= 0.6 is 0 Å². The van der Waals surface area contributed by atoms with Crippen molar-refractivity contribution in [1.82, 2.24) is 5.32 Å². The molecule has 0 bridgehead atoms. The van der Waals surface area contributed by atoms with Crippen molar-refractivity contribution in [2.75, 3.05) is 23.8 Å². The Bertz CT molecular complexity index is 1030. The minimum absolute atomic E-state index is 0.109. The monoisotopic (exact) mass is 445 g/mol. The third kappa shape index (κ3) is 8.33. The zero-order valence-electron chi connectivity index (χ0n) is 19.1. The van der Waals surface area contributed by atoms with Gasteiger partial charge >= 0.3 is 0 Å². The van der Waals surface area contributed by atoms with E-state index in [1.165, 1.54) is 0 Å². The number of benzene rings is 3. The highest BCUT2D eigenvalue weighted by Crippen LogP contribution is 2.18. The Morgan fingerprint density at radius 2 is 1.64 bits per heavy atom. The standard InChI is InChI=1S/C27H31N3O3/c1-20(2)15-16-33-25-10-6-9-24(17-25)30-26(31)19-28-23-13-11-22(12-14-23)27(32)29-18-21-7-4-3-5-8-21/h3-14,17,20,28H,15-16,18-19H2,1-2H3,(H,29,32)(H,30,31). The second kappa shape index (κ2) is 12.3. The minimum atomic E-state index is -0.168. The third-order valence-electron chi connectivity index (χ3n) is 4.98. The van der Waals surface area contributed by atoms with E-state index in [4.69, 9.17) is 4.74 Å². The average molecular weight is 446 g/mol. The van der Waals surface area contributed by atoms with Crippen LogP contribution in [0.1, 0.15) is 36.2 Å². The molecule has 6 nitrogen and oxygen atoms in total. The molecule has 3 N–H and O–H groups in total. The van der Waals surface area contributed by atoms with Crippen LogP contribution in [0.25, 0.3) is 0 Å². The summed E-state index contributed by atoms with van der Waals surface area (Å²) in [6, 6.07) is 24.2. The predicted octanol–water partition coefficient (Wildman–Crippen LogP) is 5.09. The van der Waals surface area contributed by atoms with Gasteiger partial charge in [0.1, 0.15) is 5.75 Å². The van der Waals surface area contributed by atoms with Crippen molar-refractivity contribution in [3.63, 3.8) is 0 Å². The first-order valence-electron chi connectivity index (χ1n) is 11.2. The molecule has 0 atom stereocenters. The van der Waals surface area contributed by atoms with Crippen molar-refractivity contribution in [2.24, 2.45) is 5.92 Å². The van der Waals surface area contributed by atoms with Gasteiger partial charge in [-0.3, -0.25) is 9.59 Å². The lowest BCUT2D eigenvalue weighted by molar-refractivity contribution is -0.114. The van der Waals surface area contributed by atoms with Crippen LogP contribution in [0.15, 0.2) is 78.9 Å². The fraction of sp³-hybridized carbons (Fsp3) is 0.259. The normalized spacial score (nSPS) is 10.5. The molecule has 3 aromatic carbocycles. The fourth-order valence-corrected chi connectivity index (χ4v) is 3.08. The molecule has 0 spiro atoms. The van der Waals surface area contributed by atoms with Crippen molar-refractivity contribution in [2.45, 2.75) is 26.8 Å². The van der Waals surface area contributed by atoms with Gasteiger partial charge in [-0.15, -0.1) is 0 Å². The number of carbonyl (C=O) groups is 2. The van der Waals surface area contributed by atoms with E-state index in [0.717, 1.165) is 23.4 Å². The molecule has 0 aliphatic carbocycles. The molecule has 172 valence electrons. The Kier molecular flexibility index (Phi) is 8.88. The quantitative estimate of drug-likeness (QED) is 0.384.